The van der Waals surface area contributed by atoms with E-state index in [1.54, 1.807) is 0 Å². The van der Waals surface area contributed by atoms with Crippen molar-refractivity contribution in [3.05, 3.63) is 0 Å². The lowest BCUT2D eigenvalue weighted by Gasteiger charge is -2.23. The van der Waals surface area contributed by atoms with Crippen LogP contribution in [-0.2, 0) is 14.3 Å². The molecule has 0 aliphatic heterocycles. The molecule has 0 rings (SSSR count). The van der Waals surface area contributed by atoms with Gasteiger partial charge in [0.2, 0.25) is 0 Å². The summed E-state index contributed by atoms with van der Waals surface area (Å²) in [5.74, 6) is -7.27. The summed E-state index contributed by atoms with van der Waals surface area (Å²) in [4.78, 5) is 10.6. The number of alkyl halides is 4. The SMILES string of the molecule is CCCCCCCCCCOC(F)(F)C(F)(F)C(=O)OC. The van der Waals surface area contributed by atoms with Crippen LogP contribution in [0.1, 0.15) is 58.3 Å². The quantitative estimate of drug-likeness (QED) is 0.301. The van der Waals surface area contributed by atoms with Gasteiger partial charge in [0.25, 0.3) is 0 Å². The lowest BCUT2D eigenvalue weighted by atomic mass is 10.1. The number of rotatable bonds is 12. The van der Waals surface area contributed by atoms with Gasteiger partial charge in [-0.15, -0.1) is 0 Å². The van der Waals surface area contributed by atoms with E-state index >= 15 is 0 Å². The van der Waals surface area contributed by atoms with Crippen LogP contribution in [0.25, 0.3) is 0 Å². The molecule has 0 amide bonds. The van der Waals surface area contributed by atoms with Gasteiger partial charge in [-0.1, -0.05) is 51.9 Å². The average molecular weight is 316 g/mol. The number of hydrogen-bond donors (Lipinski definition) is 0. The summed E-state index contributed by atoms with van der Waals surface area (Å²) in [5, 5.41) is 0. The van der Waals surface area contributed by atoms with Gasteiger partial charge in [-0.25, -0.2) is 4.79 Å². The Hall–Kier alpha value is -0.850. The van der Waals surface area contributed by atoms with Gasteiger partial charge in [-0.3, -0.25) is 0 Å². The van der Waals surface area contributed by atoms with E-state index in [-0.39, 0.29) is 6.42 Å². The molecule has 126 valence electrons. The van der Waals surface area contributed by atoms with Gasteiger partial charge in [-0.2, -0.15) is 17.6 Å². The molecule has 0 heterocycles. The van der Waals surface area contributed by atoms with E-state index in [1.165, 1.54) is 6.42 Å². The molecule has 0 aromatic carbocycles. The zero-order chi connectivity index (χ0) is 16.4. The second-order valence-corrected chi connectivity index (χ2v) is 4.91. The lowest BCUT2D eigenvalue weighted by molar-refractivity contribution is -0.339. The molecule has 0 aliphatic rings. The molecule has 0 N–H and O–H groups in total. The molecular formula is C14H24F4O3. The number of unbranched alkanes of at least 4 members (excludes halogenated alkanes) is 7. The zero-order valence-electron chi connectivity index (χ0n) is 12.6. The number of methoxy groups -OCH3 is 1. The van der Waals surface area contributed by atoms with Crippen molar-refractivity contribution in [2.45, 2.75) is 70.3 Å². The number of hydrogen-bond acceptors (Lipinski definition) is 3. The van der Waals surface area contributed by atoms with Crippen molar-refractivity contribution in [1.29, 1.82) is 0 Å². The predicted molar refractivity (Wildman–Crippen MR) is 70.5 cm³/mol. The van der Waals surface area contributed by atoms with Crippen LogP contribution in [0.15, 0.2) is 0 Å². The fourth-order valence-corrected chi connectivity index (χ4v) is 1.77. The van der Waals surface area contributed by atoms with E-state index in [0.717, 1.165) is 32.1 Å². The number of halogens is 4. The highest BCUT2D eigenvalue weighted by atomic mass is 19.3. The molecule has 0 atom stereocenters. The van der Waals surface area contributed by atoms with Gasteiger partial charge in [-0.05, 0) is 6.42 Å². The Kier molecular flexibility index (Phi) is 9.57. The molecule has 0 aromatic rings. The van der Waals surface area contributed by atoms with Crippen LogP contribution >= 0.6 is 0 Å². The van der Waals surface area contributed by atoms with Crippen LogP contribution in [0.4, 0.5) is 17.6 Å². The minimum Gasteiger partial charge on any atom is -0.464 e. The van der Waals surface area contributed by atoms with E-state index in [2.05, 4.69) is 16.4 Å². The molecule has 0 spiro atoms. The van der Waals surface area contributed by atoms with E-state index < -0.39 is 24.6 Å². The van der Waals surface area contributed by atoms with Gasteiger partial charge in [0.1, 0.15) is 0 Å². The molecule has 7 heteroatoms. The Labute approximate surface area is 123 Å². The largest absolute Gasteiger partial charge is 0.464 e. The normalized spacial score (nSPS) is 12.5. The van der Waals surface area contributed by atoms with Crippen molar-refractivity contribution >= 4 is 5.97 Å². The third-order valence-corrected chi connectivity index (χ3v) is 3.09. The molecule has 0 saturated carbocycles. The van der Waals surface area contributed by atoms with Crippen molar-refractivity contribution in [2.24, 2.45) is 0 Å². The number of carbonyl (C=O) groups is 1. The van der Waals surface area contributed by atoms with Crippen LogP contribution in [0.2, 0.25) is 0 Å². The zero-order valence-corrected chi connectivity index (χ0v) is 12.6. The Bertz CT molecular complexity index is 296. The first-order chi connectivity index (χ1) is 9.79. The maximum Gasteiger partial charge on any atom is 0.431 e. The topological polar surface area (TPSA) is 35.5 Å². The minimum atomic E-state index is -4.97. The summed E-state index contributed by atoms with van der Waals surface area (Å²) in [6, 6.07) is 0. The maximum absolute atomic E-state index is 13.1. The first-order valence-corrected chi connectivity index (χ1v) is 7.27. The number of carbonyl (C=O) groups excluding carboxylic acids is 1. The van der Waals surface area contributed by atoms with Crippen molar-refractivity contribution in [1.82, 2.24) is 0 Å². The molecular weight excluding hydrogens is 292 g/mol. The van der Waals surface area contributed by atoms with E-state index in [0.29, 0.717) is 13.5 Å². The number of ether oxygens (including phenoxy) is 2. The minimum absolute atomic E-state index is 0.251. The third-order valence-electron chi connectivity index (χ3n) is 3.09. The van der Waals surface area contributed by atoms with Crippen LogP contribution in [0.5, 0.6) is 0 Å². The highest BCUT2D eigenvalue weighted by Gasteiger charge is 2.64. The Balaban J connectivity index is 3.82. The fraction of sp³-hybridized carbons (Fsp3) is 0.929. The van der Waals surface area contributed by atoms with Crippen molar-refractivity contribution < 1.29 is 31.8 Å². The highest BCUT2D eigenvalue weighted by molar-refractivity contribution is 5.78. The maximum atomic E-state index is 13.1. The monoisotopic (exact) mass is 316 g/mol. The Morgan fingerprint density at radius 3 is 1.86 bits per heavy atom. The average Bonchev–Trinajstić information content (AvgIpc) is 2.44. The molecule has 0 unspecified atom stereocenters. The second kappa shape index (κ2) is 9.97. The molecule has 0 fully saturated rings. The van der Waals surface area contributed by atoms with Gasteiger partial charge in [0, 0.05) is 0 Å². The molecule has 0 aliphatic carbocycles. The van der Waals surface area contributed by atoms with Crippen LogP contribution in [-0.4, -0.2) is 31.7 Å². The first kappa shape index (κ1) is 20.1. The Morgan fingerprint density at radius 2 is 1.38 bits per heavy atom. The van der Waals surface area contributed by atoms with Gasteiger partial charge in [0.15, 0.2) is 0 Å². The molecule has 0 saturated heterocycles. The molecule has 0 bridgehead atoms. The van der Waals surface area contributed by atoms with E-state index in [4.69, 9.17) is 0 Å². The predicted octanol–water partition coefficient (Wildman–Crippen LogP) is 4.54. The standard InChI is InChI=1S/C14H24F4O3/c1-3-4-5-6-7-8-9-10-11-21-14(17,18)13(15,16)12(19)20-2/h3-11H2,1-2H3. The smallest absolute Gasteiger partial charge is 0.431 e. The first-order valence-electron chi connectivity index (χ1n) is 7.27. The van der Waals surface area contributed by atoms with E-state index in [9.17, 15) is 22.4 Å². The third kappa shape index (κ3) is 7.11. The van der Waals surface area contributed by atoms with Crippen LogP contribution in [0.3, 0.4) is 0 Å². The van der Waals surface area contributed by atoms with Crippen molar-refractivity contribution in [3.8, 4) is 0 Å². The van der Waals surface area contributed by atoms with E-state index in [1.807, 2.05) is 0 Å². The molecule has 0 aromatic heterocycles. The molecule has 0 radical (unpaired) electrons. The summed E-state index contributed by atoms with van der Waals surface area (Å²) in [5.41, 5.74) is 0. The summed E-state index contributed by atoms with van der Waals surface area (Å²) < 4.78 is 59.7. The summed E-state index contributed by atoms with van der Waals surface area (Å²) >= 11 is 0. The molecule has 3 nitrogen and oxygen atoms in total. The van der Waals surface area contributed by atoms with Gasteiger partial charge < -0.3 is 9.47 Å². The molecule has 21 heavy (non-hydrogen) atoms. The van der Waals surface area contributed by atoms with Crippen LogP contribution < -0.4 is 0 Å². The van der Waals surface area contributed by atoms with Crippen molar-refractivity contribution in [3.63, 3.8) is 0 Å². The van der Waals surface area contributed by atoms with Crippen LogP contribution in [0, 0.1) is 0 Å². The Morgan fingerprint density at radius 1 is 0.905 bits per heavy atom. The van der Waals surface area contributed by atoms with Gasteiger partial charge in [0.05, 0.1) is 13.7 Å². The number of esters is 1. The van der Waals surface area contributed by atoms with Gasteiger partial charge >= 0.3 is 18.0 Å². The highest BCUT2D eigenvalue weighted by Crippen LogP contribution is 2.36. The summed E-state index contributed by atoms with van der Waals surface area (Å²) in [7, 11) is 0.616. The summed E-state index contributed by atoms with van der Waals surface area (Å²) in [6.07, 6.45) is 2.45. The summed E-state index contributed by atoms with van der Waals surface area (Å²) in [6.45, 7) is 1.59. The van der Waals surface area contributed by atoms with Crippen molar-refractivity contribution in [2.75, 3.05) is 13.7 Å². The fourth-order valence-electron chi connectivity index (χ4n) is 1.77. The second-order valence-electron chi connectivity index (χ2n) is 4.91. The lowest BCUT2D eigenvalue weighted by Crippen LogP contribution is -2.49.